The molecule has 0 fully saturated rings. The maximum atomic E-state index is 11.7. The second-order valence-electron chi connectivity index (χ2n) is 4.82. The Labute approximate surface area is 134 Å². The molecular weight excluding hydrogens is 300 g/mol. The molecule has 0 saturated carbocycles. The van der Waals surface area contributed by atoms with Crippen molar-refractivity contribution < 1.29 is 9.53 Å². The average Bonchev–Trinajstić information content (AvgIpc) is 2.52. The van der Waals surface area contributed by atoms with E-state index in [1.165, 1.54) is 5.56 Å². The van der Waals surface area contributed by atoms with Gasteiger partial charge in [0, 0.05) is 0 Å². The van der Waals surface area contributed by atoms with E-state index in [1.54, 1.807) is 24.3 Å². The zero-order valence-corrected chi connectivity index (χ0v) is 13.2. The molecule has 0 atom stereocenters. The molecule has 114 valence electrons. The predicted molar refractivity (Wildman–Crippen MR) is 88.5 cm³/mol. The number of carbonyl (C=O) groups excluding carboxylic acids is 1. The first-order chi connectivity index (χ1) is 10.6. The fourth-order valence-corrected chi connectivity index (χ4v) is 1.93. The van der Waals surface area contributed by atoms with Gasteiger partial charge in [-0.1, -0.05) is 53.6 Å². The Balaban J connectivity index is 1.88. The number of rotatable bonds is 5. The van der Waals surface area contributed by atoms with Crippen molar-refractivity contribution in [1.82, 2.24) is 5.43 Å². The van der Waals surface area contributed by atoms with Gasteiger partial charge in [0.15, 0.2) is 6.61 Å². The number of carbonyl (C=O) groups is 1. The Morgan fingerprint density at radius 3 is 2.55 bits per heavy atom. The lowest BCUT2D eigenvalue weighted by Crippen LogP contribution is -2.25. The zero-order valence-electron chi connectivity index (χ0n) is 12.5. The summed E-state index contributed by atoms with van der Waals surface area (Å²) in [5.74, 6) is 0.130. The quantitative estimate of drug-likeness (QED) is 0.677. The highest BCUT2D eigenvalue weighted by atomic mass is 35.5. The minimum atomic E-state index is -0.341. The highest BCUT2D eigenvalue weighted by Gasteiger charge is 2.05. The molecule has 0 heterocycles. The van der Waals surface area contributed by atoms with Gasteiger partial charge in [0.05, 0.1) is 10.7 Å². The number of halogens is 1. The standard InChI is InChI=1S/C17H17ClN2O2/c1-12-7-9-14(10-8-12)13(2)19-20-17(21)11-22-16-6-4-3-5-15(16)18/h3-10H,11H2,1-2H3,(H,20,21)/b19-13+. The molecule has 0 aromatic heterocycles. The third-order valence-electron chi connectivity index (χ3n) is 3.01. The van der Waals surface area contributed by atoms with Crippen molar-refractivity contribution in [3.8, 4) is 5.75 Å². The summed E-state index contributed by atoms with van der Waals surface area (Å²) in [6.45, 7) is 3.71. The molecule has 0 aliphatic carbocycles. The molecule has 0 radical (unpaired) electrons. The number of nitrogens with one attached hydrogen (secondary N) is 1. The first-order valence-electron chi connectivity index (χ1n) is 6.84. The summed E-state index contributed by atoms with van der Waals surface area (Å²) in [7, 11) is 0. The number of para-hydroxylation sites is 1. The number of hydrazone groups is 1. The Morgan fingerprint density at radius 2 is 1.86 bits per heavy atom. The Kier molecular flexibility index (Phi) is 5.55. The lowest BCUT2D eigenvalue weighted by molar-refractivity contribution is -0.123. The second kappa shape index (κ2) is 7.61. The molecule has 0 saturated heterocycles. The molecule has 0 unspecified atom stereocenters. The lowest BCUT2D eigenvalue weighted by atomic mass is 10.1. The van der Waals surface area contributed by atoms with Crippen molar-refractivity contribution in [2.45, 2.75) is 13.8 Å². The fourth-order valence-electron chi connectivity index (χ4n) is 1.74. The molecule has 4 nitrogen and oxygen atoms in total. The van der Waals surface area contributed by atoms with Crippen LogP contribution in [0.15, 0.2) is 53.6 Å². The van der Waals surface area contributed by atoms with Crippen LogP contribution in [0.2, 0.25) is 5.02 Å². The van der Waals surface area contributed by atoms with Crippen molar-refractivity contribution >= 4 is 23.2 Å². The van der Waals surface area contributed by atoms with Crippen molar-refractivity contribution in [1.29, 1.82) is 0 Å². The van der Waals surface area contributed by atoms with Gasteiger partial charge in [-0.2, -0.15) is 5.10 Å². The Morgan fingerprint density at radius 1 is 1.18 bits per heavy atom. The van der Waals surface area contributed by atoms with E-state index in [2.05, 4.69) is 10.5 Å². The number of benzene rings is 2. The van der Waals surface area contributed by atoms with E-state index in [0.717, 1.165) is 11.3 Å². The third kappa shape index (κ3) is 4.60. The number of aryl methyl sites for hydroxylation is 1. The molecule has 22 heavy (non-hydrogen) atoms. The number of amides is 1. The monoisotopic (exact) mass is 316 g/mol. The number of hydrogen-bond acceptors (Lipinski definition) is 3. The minimum absolute atomic E-state index is 0.144. The van der Waals surface area contributed by atoms with Crippen LogP contribution < -0.4 is 10.2 Å². The van der Waals surface area contributed by atoms with Crippen molar-refractivity contribution in [2.75, 3.05) is 6.61 Å². The first kappa shape index (κ1) is 16.0. The normalized spacial score (nSPS) is 11.1. The van der Waals surface area contributed by atoms with Crippen LogP contribution in [0.4, 0.5) is 0 Å². The van der Waals surface area contributed by atoms with Crippen LogP contribution in [0.1, 0.15) is 18.1 Å². The van der Waals surface area contributed by atoms with Crippen LogP contribution >= 0.6 is 11.6 Å². The van der Waals surface area contributed by atoms with E-state index < -0.39 is 0 Å². The van der Waals surface area contributed by atoms with Crippen LogP contribution in [0.3, 0.4) is 0 Å². The largest absolute Gasteiger partial charge is 0.482 e. The summed E-state index contributed by atoms with van der Waals surface area (Å²) in [6, 6.07) is 14.9. The van der Waals surface area contributed by atoms with Crippen molar-refractivity contribution in [2.24, 2.45) is 5.10 Å². The smallest absolute Gasteiger partial charge is 0.277 e. The van der Waals surface area contributed by atoms with E-state index in [0.29, 0.717) is 10.8 Å². The molecular formula is C17H17ClN2O2. The molecule has 0 aliphatic rings. The summed E-state index contributed by atoms with van der Waals surface area (Å²) in [6.07, 6.45) is 0. The van der Waals surface area contributed by atoms with Crippen molar-refractivity contribution in [3.63, 3.8) is 0 Å². The molecule has 2 aromatic carbocycles. The van der Waals surface area contributed by atoms with Gasteiger partial charge in [-0.05, 0) is 31.5 Å². The molecule has 1 N–H and O–H groups in total. The van der Waals surface area contributed by atoms with Crippen molar-refractivity contribution in [3.05, 3.63) is 64.7 Å². The molecule has 2 aromatic rings. The molecule has 0 spiro atoms. The van der Waals surface area contributed by atoms with Crippen LogP contribution in [-0.4, -0.2) is 18.2 Å². The predicted octanol–water partition coefficient (Wildman–Crippen LogP) is 3.57. The van der Waals surface area contributed by atoms with Gasteiger partial charge in [-0.15, -0.1) is 0 Å². The highest BCUT2D eigenvalue weighted by molar-refractivity contribution is 6.32. The summed E-state index contributed by atoms with van der Waals surface area (Å²) in [5.41, 5.74) is 5.33. The van der Waals surface area contributed by atoms with Crippen LogP contribution in [0.25, 0.3) is 0 Å². The molecule has 2 rings (SSSR count). The summed E-state index contributed by atoms with van der Waals surface area (Å²) in [4.78, 5) is 11.7. The number of nitrogens with zero attached hydrogens (tertiary/aromatic N) is 1. The minimum Gasteiger partial charge on any atom is -0.482 e. The van der Waals surface area contributed by atoms with E-state index >= 15 is 0 Å². The third-order valence-corrected chi connectivity index (χ3v) is 3.33. The maximum absolute atomic E-state index is 11.7. The summed E-state index contributed by atoms with van der Waals surface area (Å²) >= 11 is 5.94. The molecule has 0 bridgehead atoms. The molecule has 0 aliphatic heterocycles. The highest BCUT2D eigenvalue weighted by Crippen LogP contribution is 2.22. The van der Waals surface area contributed by atoms with E-state index in [1.807, 2.05) is 38.1 Å². The van der Waals surface area contributed by atoms with E-state index in [-0.39, 0.29) is 12.5 Å². The van der Waals surface area contributed by atoms with Gasteiger partial charge in [0.2, 0.25) is 0 Å². The summed E-state index contributed by atoms with van der Waals surface area (Å²) < 4.78 is 5.34. The van der Waals surface area contributed by atoms with Gasteiger partial charge in [0.25, 0.3) is 5.91 Å². The topological polar surface area (TPSA) is 50.7 Å². The fraction of sp³-hybridized carbons (Fsp3) is 0.176. The number of ether oxygens (including phenoxy) is 1. The first-order valence-corrected chi connectivity index (χ1v) is 7.21. The van der Waals surface area contributed by atoms with Crippen LogP contribution in [-0.2, 0) is 4.79 Å². The SMILES string of the molecule is C/C(=N\NC(=O)COc1ccccc1Cl)c1ccc(C)cc1. The van der Waals surface area contributed by atoms with Gasteiger partial charge in [-0.3, -0.25) is 4.79 Å². The molecule has 1 amide bonds. The van der Waals surface area contributed by atoms with Gasteiger partial charge < -0.3 is 4.74 Å². The van der Waals surface area contributed by atoms with Crippen LogP contribution in [0, 0.1) is 6.92 Å². The van der Waals surface area contributed by atoms with Gasteiger partial charge in [0.1, 0.15) is 5.75 Å². The van der Waals surface area contributed by atoms with Gasteiger partial charge >= 0.3 is 0 Å². The maximum Gasteiger partial charge on any atom is 0.277 e. The summed E-state index contributed by atoms with van der Waals surface area (Å²) in [5, 5.41) is 4.53. The van der Waals surface area contributed by atoms with Crippen LogP contribution in [0.5, 0.6) is 5.75 Å². The lowest BCUT2D eigenvalue weighted by Gasteiger charge is -2.07. The number of hydrogen-bond donors (Lipinski definition) is 1. The zero-order chi connectivity index (χ0) is 15.9. The second-order valence-corrected chi connectivity index (χ2v) is 5.22. The molecule has 5 heteroatoms. The Bertz CT molecular complexity index is 681. The van der Waals surface area contributed by atoms with Gasteiger partial charge in [-0.25, -0.2) is 5.43 Å². The van der Waals surface area contributed by atoms with E-state index in [9.17, 15) is 4.79 Å². The Hall–Kier alpha value is -2.33. The van der Waals surface area contributed by atoms with E-state index in [4.69, 9.17) is 16.3 Å². The average molecular weight is 317 g/mol.